The lowest BCUT2D eigenvalue weighted by atomic mass is 10.00. The summed E-state index contributed by atoms with van der Waals surface area (Å²) in [5, 5.41) is 10.2. The van der Waals surface area contributed by atoms with E-state index in [9.17, 15) is 23.1 Å². The number of alkyl halides is 3. The third kappa shape index (κ3) is 6.62. The normalized spacial score (nSPS) is 16.4. The van der Waals surface area contributed by atoms with Crippen molar-refractivity contribution in [2.75, 3.05) is 6.54 Å². The van der Waals surface area contributed by atoms with Crippen molar-refractivity contribution in [1.82, 2.24) is 14.9 Å². The SMILES string of the molecule is C=CC1=C(/C=C\C)CN(C=O)C1CCCC.Cc1nc(-c2ccc(O)c3nc(C(F)(F)F)ccc23)oc1[C@H](C)N. The number of phenolic OH excluding ortho intramolecular Hbond substituents is 1. The number of benzene rings is 1. The van der Waals surface area contributed by atoms with Crippen molar-refractivity contribution < 1.29 is 27.5 Å². The predicted octanol–water partition coefficient (Wildman–Crippen LogP) is 7.02. The molecule has 0 bridgehead atoms. The number of nitrogens with two attached hydrogens (primary N) is 1. The molecule has 4 rings (SSSR count). The molecule has 0 spiro atoms. The Labute approximate surface area is 231 Å². The van der Waals surface area contributed by atoms with Gasteiger partial charge in [0, 0.05) is 17.5 Å². The number of fused-ring (bicyclic) bond motifs is 1. The van der Waals surface area contributed by atoms with Crippen LogP contribution in [0.4, 0.5) is 13.2 Å². The van der Waals surface area contributed by atoms with Crippen LogP contribution in [0.5, 0.6) is 5.75 Å². The second kappa shape index (κ2) is 13.0. The number of pyridine rings is 1. The van der Waals surface area contributed by atoms with Gasteiger partial charge in [-0.3, -0.25) is 4.79 Å². The van der Waals surface area contributed by atoms with Crippen LogP contribution >= 0.6 is 0 Å². The molecule has 3 aromatic rings. The molecule has 7 nitrogen and oxygen atoms in total. The highest BCUT2D eigenvalue weighted by Gasteiger charge is 2.33. The van der Waals surface area contributed by atoms with Crippen molar-refractivity contribution in [2.45, 2.75) is 65.2 Å². The van der Waals surface area contributed by atoms with Crippen molar-refractivity contribution in [3.05, 3.63) is 77.4 Å². The van der Waals surface area contributed by atoms with E-state index in [1.165, 1.54) is 29.3 Å². The van der Waals surface area contributed by atoms with Gasteiger partial charge in [-0.2, -0.15) is 13.2 Å². The highest BCUT2D eigenvalue weighted by molar-refractivity contribution is 5.96. The van der Waals surface area contributed by atoms with E-state index in [-0.39, 0.29) is 29.2 Å². The Bertz CT molecular complexity index is 1420. The van der Waals surface area contributed by atoms with Crippen LogP contribution in [0.1, 0.15) is 63.2 Å². The maximum absolute atomic E-state index is 12.8. The molecule has 10 heteroatoms. The zero-order chi connectivity index (χ0) is 29.6. The number of hydrogen-bond acceptors (Lipinski definition) is 6. The Hall–Kier alpha value is -3.92. The van der Waals surface area contributed by atoms with Crippen LogP contribution < -0.4 is 5.73 Å². The first-order valence-electron chi connectivity index (χ1n) is 13.1. The number of aromatic hydroxyl groups is 1. The summed E-state index contributed by atoms with van der Waals surface area (Å²) in [6.45, 7) is 12.2. The Morgan fingerprint density at radius 3 is 2.55 bits per heavy atom. The lowest BCUT2D eigenvalue weighted by Gasteiger charge is -2.21. The van der Waals surface area contributed by atoms with E-state index < -0.39 is 11.9 Å². The highest BCUT2D eigenvalue weighted by Crippen LogP contribution is 2.37. The lowest BCUT2D eigenvalue weighted by molar-refractivity contribution is -0.141. The van der Waals surface area contributed by atoms with Gasteiger partial charge < -0.3 is 20.2 Å². The molecule has 0 aliphatic carbocycles. The van der Waals surface area contributed by atoms with Crippen LogP contribution in [-0.2, 0) is 11.0 Å². The van der Waals surface area contributed by atoms with Gasteiger partial charge in [-0.15, -0.1) is 0 Å². The van der Waals surface area contributed by atoms with Gasteiger partial charge in [0.15, 0.2) is 0 Å². The summed E-state index contributed by atoms with van der Waals surface area (Å²) in [6.07, 6.45) is 5.71. The fourth-order valence-corrected chi connectivity index (χ4v) is 4.73. The number of allylic oxidation sites excluding steroid dienone is 1. The second-order valence-corrected chi connectivity index (χ2v) is 9.60. The molecule has 0 radical (unpaired) electrons. The fourth-order valence-electron chi connectivity index (χ4n) is 4.73. The summed E-state index contributed by atoms with van der Waals surface area (Å²) in [4.78, 5) is 20.7. The number of nitrogens with zero attached hydrogens (tertiary/aromatic N) is 3. The van der Waals surface area contributed by atoms with Crippen LogP contribution in [0.3, 0.4) is 0 Å². The number of aromatic nitrogens is 2. The number of halogens is 3. The number of oxazole rings is 1. The number of carbonyl (C=O) groups excluding carboxylic acids is 1. The minimum atomic E-state index is -4.60. The molecule has 2 aromatic heterocycles. The predicted molar refractivity (Wildman–Crippen MR) is 149 cm³/mol. The van der Waals surface area contributed by atoms with Crippen molar-refractivity contribution >= 4 is 17.3 Å². The van der Waals surface area contributed by atoms with Gasteiger partial charge >= 0.3 is 6.18 Å². The monoisotopic (exact) mass is 556 g/mol. The number of unbranched alkanes of at least 4 members (excludes halogenated alkanes) is 1. The van der Waals surface area contributed by atoms with E-state index >= 15 is 0 Å². The fraction of sp³-hybridized carbons (Fsp3) is 0.367. The summed E-state index contributed by atoms with van der Waals surface area (Å²) >= 11 is 0. The zero-order valence-corrected chi connectivity index (χ0v) is 23.1. The van der Waals surface area contributed by atoms with E-state index in [0.29, 0.717) is 22.4 Å². The van der Waals surface area contributed by atoms with Crippen molar-refractivity contribution in [2.24, 2.45) is 5.73 Å². The molecule has 0 saturated carbocycles. The first-order valence-corrected chi connectivity index (χ1v) is 13.1. The maximum Gasteiger partial charge on any atom is 0.433 e. The quantitative estimate of drug-likeness (QED) is 0.289. The number of phenols is 1. The average Bonchev–Trinajstić information content (AvgIpc) is 3.47. The standard InChI is InChI=1S/C16H14F3N3O2.C14H21NO/c1-7(20)14-8(2)21-15(24-14)10-3-5-11(23)13-9(10)4-6-12(22-13)16(17,18)19;1-4-7-9-14-13(6-3)12(8-5-2)10-15(14)11-16/h3-7,23H,20H2,1-2H3;5-6,8,11,14H,3-4,7,9-10H2,1-2H3/b;8-5-/t7-;/m0./s1. The van der Waals surface area contributed by atoms with Crippen LogP contribution in [0.25, 0.3) is 22.4 Å². The molecule has 1 aromatic carbocycles. The van der Waals surface area contributed by atoms with Crippen LogP contribution in [0.15, 0.2) is 64.6 Å². The molecule has 0 fully saturated rings. The van der Waals surface area contributed by atoms with Gasteiger partial charge in [0.25, 0.3) is 0 Å². The summed E-state index contributed by atoms with van der Waals surface area (Å²) in [5.74, 6) is 0.355. The minimum absolute atomic E-state index is 0.166. The topological polar surface area (TPSA) is 105 Å². The van der Waals surface area contributed by atoms with Gasteiger partial charge in [0.05, 0.1) is 17.8 Å². The molecule has 1 aliphatic rings. The Kier molecular flexibility index (Phi) is 9.92. The molecule has 0 saturated heterocycles. The number of rotatable bonds is 8. The molecule has 1 aliphatic heterocycles. The zero-order valence-electron chi connectivity index (χ0n) is 23.1. The molecule has 3 heterocycles. The summed E-state index contributed by atoms with van der Waals surface area (Å²) in [5.41, 5.74) is 8.03. The number of aryl methyl sites for hydroxylation is 1. The Morgan fingerprint density at radius 1 is 1.27 bits per heavy atom. The van der Waals surface area contributed by atoms with Gasteiger partial charge in [0.2, 0.25) is 12.3 Å². The molecular formula is C30H35F3N4O3. The van der Waals surface area contributed by atoms with Crippen molar-refractivity contribution in [3.63, 3.8) is 0 Å². The first-order chi connectivity index (χ1) is 19.0. The van der Waals surface area contributed by atoms with Crippen molar-refractivity contribution in [1.29, 1.82) is 0 Å². The van der Waals surface area contributed by atoms with Crippen LogP contribution in [0, 0.1) is 6.92 Å². The van der Waals surface area contributed by atoms with Gasteiger partial charge in [0.1, 0.15) is 22.7 Å². The Balaban J connectivity index is 0.000000241. The molecule has 1 amide bonds. The molecule has 40 heavy (non-hydrogen) atoms. The summed E-state index contributed by atoms with van der Waals surface area (Å²) in [6, 6.07) is 4.74. The molecule has 1 unspecified atom stereocenters. The summed E-state index contributed by atoms with van der Waals surface area (Å²) < 4.78 is 44.1. The van der Waals surface area contributed by atoms with Crippen LogP contribution in [0.2, 0.25) is 0 Å². The number of carbonyl (C=O) groups is 1. The largest absolute Gasteiger partial charge is 0.506 e. The molecule has 3 N–H and O–H groups in total. The van der Waals surface area contributed by atoms with E-state index in [1.54, 1.807) is 13.8 Å². The van der Waals surface area contributed by atoms with Gasteiger partial charge in [-0.05, 0) is 62.6 Å². The van der Waals surface area contributed by atoms with E-state index in [2.05, 4.69) is 29.5 Å². The van der Waals surface area contributed by atoms with E-state index in [0.717, 1.165) is 38.3 Å². The van der Waals surface area contributed by atoms with Gasteiger partial charge in [-0.1, -0.05) is 44.6 Å². The van der Waals surface area contributed by atoms with Crippen LogP contribution in [-0.4, -0.2) is 39.0 Å². The summed E-state index contributed by atoms with van der Waals surface area (Å²) in [7, 11) is 0. The average molecular weight is 557 g/mol. The third-order valence-electron chi connectivity index (χ3n) is 6.64. The number of hydrogen-bond donors (Lipinski definition) is 2. The van der Waals surface area contributed by atoms with E-state index in [1.807, 2.05) is 24.0 Å². The molecule has 214 valence electrons. The minimum Gasteiger partial charge on any atom is -0.506 e. The Morgan fingerprint density at radius 2 is 2.00 bits per heavy atom. The molecular weight excluding hydrogens is 521 g/mol. The van der Waals surface area contributed by atoms with Crippen molar-refractivity contribution in [3.8, 4) is 17.2 Å². The molecule has 2 atom stereocenters. The second-order valence-electron chi connectivity index (χ2n) is 9.60. The maximum atomic E-state index is 12.8. The van der Waals surface area contributed by atoms with Gasteiger partial charge in [-0.25, -0.2) is 9.97 Å². The number of amides is 1. The highest BCUT2D eigenvalue weighted by atomic mass is 19.4. The van der Waals surface area contributed by atoms with E-state index in [4.69, 9.17) is 10.2 Å². The first kappa shape index (κ1) is 30.6. The lowest BCUT2D eigenvalue weighted by Crippen LogP contribution is -2.30. The third-order valence-corrected chi connectivity index (χ3v) is 6.64. The smallest absolute Gasteiger partial charge is 0.433 e.